The van der Waals surface area contributed by atoms with Crippen molar-refractivity contribution in [3.63, 3.8) is 0 Å². The summed E-state index contributed by atoms with van der Waals surface area (Å²) in [5.41, 5.74) is -3.39. The quantitative estimate of drug-likeness (QED) is 0.110. The molecule has 132 valence electrons. The van der Waals surface area contributed by atoms with Crippen LogP contribution >= 0.6 is 15.6 Å². The molecule has 0 amide bonds. The van der Waals surface area contributed by atoms with E-state index in [1.165, 1.54) is 0 Å². The maximum absolute atomic E-state index is 10.9. The van der Waals surface area contributed by atoms with Crippen LogP contribution in [-0.4, -0.2) is 77.4 Å². The van der Waals surface area contributed by atoms with Gasteiger partial charge in [0.05, 0.1) is 6.61 Å². The number of phosphoric ester groups is 2. The molecule has 14 nitrogen and oxygen atoms in total. The van der Waals surface area contributed by atoms with E-state index in [4.69, 9.17) is 25.0 Å². The minimum atomic E-state index is -5.14. The summed E-state index contributed by atoms with van der Waals surface area (Å²) in [5.74, 6) is -2.23. The van der Waals surface area contributed by atoms with Gasteiger partial charge in [0.1, 0.15) is 18.8 Å². The Bertz CT molecular complexity index is 472. The highest BCUT2D eigenvalue weighted by Gasteiger charge is 2.49. The summed E-state index contributed by atoms with van der Waals surface area (Å²) in [6.07, 6.45) is -4.99. The monoisotopic (exact) mass is 372 g/mol. The smallest absolute Gasteiger partial charge is 0.479 e. The van der Waals surface area contributed by atoms with Crippen LogP contribution in [-0.2, 0) is 27.6 Å². The van der Waals surface area contributed by atoms with Gasteiger partial charge in [-0.05, 0) is 0 Å². The zero-order chi connectivity index (χ0) is 17.8. The van der Waals surface area contributed by atoms with Gasteiger partial charge in [-0.15, -0.1) is 4.67 Å². The van der Waals surface area contributed by atoms with Gasteiger partial charge in [0.15, 0.2) is 0 Å². The third-order valence-electron chi connectivity index (χ3n) is 2.19. The largest absolute Gasteiger partial charge is 0.499 e. The van der Waals surface area contributed by atoms with Crippen LogP contribution < -0.4 is 0 Å². The summed E-state index contributed by atoms with van der Waals surface area (Å²) < 4.78 is 31.8. The van der Waals surface area contributed by atoms with Crippen molar-refractivity contribution >= 4 is 21.6 Å². The van der Waals surface area contributed by atoms with Crippen molar-refractivity contribution < 1.29 is 68.0 Å². The highest BCUT2D eigenvalue weighted by atomic mass is 31.2. The van der Waals surface area contributed by atoms with Crippen molar-refractivity contribution in [3.8, 4) is 0 Å². The number of carboxylic acid groups (broad SMARTS) is 1. The van der Waals surface area contributed by atoms with Crippen molar-refractivity contribution in [2.75, 3.05) is 13.2 Å². The Hall–Kier alpha value is -0.470. The predicted octanol–water partition coefficient (Wildman–Crippen LogP) is -2.76. The van der Waals surface area contributed by atoms with Crippen molar-refractivity contribution in [1.82, 2.24) is 0 Å². The summed E-state index contributed by atoms with van der Waals surface area (Å²) in [6, 6.07) is 0. The predicted molar refractivity (Wildman–Crippen MR) is 62.1 cm³/mol. The standard InChI is InChI=1S/C6H14O14P2/c7-3(1-18-21(13,14)15)4(8)6(11,5(9)10)2-19-22(16,17)20-12/h3-4,7-8,11-12H,1-2H2,(H,9,10)(H,16,17)(H2,13,14,15)/t3-,4-,6-/m1/s1. The third kappa shape index (κ3) is 6.75. The van der Waals surface area contributed by atoms with Gasteiger partial charge in [0.2, 0.25) is 5.60 Å². The van der Waals surface area contributed by atoms with Gasteiger partial charge >= 0.3 is 21.6 Å². The first-order chi connectivity index (χ1) is 9.75. The van der Waals surface area contributed by atoms with Crippen LogP contribution in [0.2, 0.25) is 0 Å². The maximum Gasteiger partial charge on any atom is 0.499 e. The topological polar surface area (TPSA) is 241 Å². The summed E-state index contributed by atoms with van der Waals surface area (Å²) in [6.45, 7) is -2.92. The van der Waals surface area contributed by atoms with Gasteiger partial charge in [0.25, 0.3) is 0 Å². The average Bonchev–Trinajstić information content (AvgIpc) is 2.40. The molecule has 0 aliphatic heterocycles. The van der Waals surface area contributed by atoms with E-state index in [1.807, 2.05) is 0 Å². The van der Waals surface area contributed by atoms with Crippen LogP contribution in [0.4, 0.5) is 0 Å². The van der Waals surface area contributed by atoms with Gasteiger partial charge in [-0.2, -0.15) is 0 Å². The van der Waals surface area contributed by atoms with Crippen molar-refractivity contribution in [2.45, 2.75) is 17.8 Å². The number of rotatable bonds is 10. The first-order valence-corrected chi connectivity index (χ1v) is 8.10. The molecule has 4 atom stereocenters. The molecule has 0 saturated heterocycles. The Morgan fingerprint density at radius 2 is 1.64 bits per heavy atom. The van der Waals surface area contributed by atoms with Crippen molar-refractivity contribution in [2.24, 2.45) is 0 Å². The second kappa shape index (κ2) is 7.88. The second-order valence-electron chi connectivity index (χ2n) is 3.85. The molecule has 0 aliphatic carbocycles. The molecule has 0 aromatic carbocycles. The second-order valence-corrected chi connectivity index (χ2v) is 6.45. The highest BCUT2D eigenvalue weighted by Crippen LogP contribution is 2.43. The number of phosphoric acid groups is 2. The van der Waals surface area contributed by atoms with Gasteiger partial charge in [-0.1, -0.05) is 0 Å². The molecule has 0 saturated carbocycles. The van der Waals surface area contributed by atoms with Gasteiger partial charge < -0.3 is 35.1 Å². The number of aliphatic carboxylic acids is 1. The fourth-order valence-electron chi connectivity index (χ4n) is 1.06. The Morgan fingerprint density at radius 3 is 2.00 bits per heavy atom. The maximum atomic E-state index is 10.9. The molecule has 0 rings (SSSR count). The average molecular weight is 372 g/mol. The molecule has 0 spiro atoms. The summed E-state index contributed by atoms with van der Waals surface area (Å²) >= 11 is 0. The van der Waals surface area contributed by atoms with Crippen LogP contribution in [0.15, 0.2) is 0 Å². The minimum absolute atomic E-state index is 1.28. The molecule has 0 heterocycles. The molecule has 0 aromatic rings. The lowest BCUT2D eigenvalue weighted by Gasteiger charge is -2.31. The molecule has 0 fully saturated rings. The van der Waals surface area contributed by atoms with Gasteiger partial charge in [-0.25, -0.2) is 19.2 Å². The van der Waals surface area contributed by atoms with Crippen molar-refractivity contribution in [1.29, 1.82) is 0 Å². The third-order valence-corrected chi connectivity index (χ3v) is 3.34. The normalized spacial score (nSPS) is 20.7. The summed E-state index contributed by atoms with van der Waals surface area (Å²) in [4.78, 5) is 36.3. The van der Waals surface area contributed by atoms with E-state index >= 15 is 0 Å². The van der Waals surface area contributed by atoms with Crippen LogP contribution in [0.1, 0.15) is 0 Å². The zero-order valence-corrected chi connectivity index (χ0v) is 12.3. The van der Waals surface area contributed by atoms with Crippen LogP contribution in [0.5, 0.6) is 0 Å². The first-order valence-electron chi connectivity index (χ1n) is 5.07. The molecule has 8 N–H and O–H groups in total. The Morgan fingerprint density at radius 1 is 1.14 bits per heavy atom. The van der Waals surface area contributed by atoms with Crippen molar-refractivity contribution in [3.05, 3.63) is 0 Å². The zero-order valence-electron chi connectivity index (χ0n) is 10.5. The molecule has 0 bridgehead atoms. The summed E-state index contributed by atoms with van der Waals surface area (Å²) in [5, 5.41) is 45.3. The molecule has 0 aromatic heterocycles. The molecule has 0 radical (unpaired) electrons. The van der Waals surface area contributed by atoms with E-state index < -0.39 is 52.6 Å². The number of carbonyl (C=O) groups is 1. The minimum Gasteiger partial charge on any atom is -0.479 e. The molecular formula is C6H14O14P2. The van der Waals surface area contributed by atoms with E-state index in [0.29, 0.717) is 0 Å². The molecule has 1 unspecified atom stereocenters. The van der Waals surface area contributed by atoms with Gasteiger partial charge in [-0.3, -0.25) is 9.05 Å². The SMILES string of the molecule is O=C(O)[C@@](O)(COP(=O)(O)OO)[C@H](O)[C@H](O)COP(=O)(O)O. The summed E-state index contributed by atoms with van der Waals surface area (Å²) in [7, 11) is -10.2. The van der Waals surface area contributed by atoms with E-state index in [9.17, 15) is 29.2 Å². The Kier molecular flexibility index (Phi) is 7.71. The molecule has 0 aliphatic rings. The number of hydrogen-bond donors (Lipinski definition) is 8. The number of carboxylic acids is 1. The van der Waals surface area contributed by atoms with E-state index in [-0.39, 0.29) is 0 Å². The fraction of sp³-hybridized carbons (Fsp3) is 0.833. The van der Waals surface area contributed by atoms with Gasteiger partial charge in [0, 0.05) is 0 Å². The Labute approximate surface area is 121 Å². The number of aliphatic hydroxyl groups is 3. The number of hydrogen-bond acceptors (Lipinski definition) is 10. The molecule has 22 heavy (non-hydrogen) atoms. The first kappa shape index (κ1) is 21.5. The van der Waals surface area contributed by atoms with Crippen LogP contribution in [0.25, 0.3) is 0 Å². The molecule has 16 heteroatoms. The van der Waals surface area contributed by atoms with E-state index in [0.717, 1.165) is 0 Å². The lowest BCUT2D eigenvalue weighted by molar-refractivity contribution is -0.197. The fourth-order valence-corrected chi connectivity index (χ4v) is 1.81. The molecular weight excluding hydrogens is 358 g/mol. The van der Waals surface area contributed by atoms with Crippen LogP contribution in [0.3, 0.4) is 0 Å². The van der Waals surface area contributed by atoms with Crippen LogP contribution in [0, 0.1) is 0 Å². The lowest BCUT2D eigenvalue weighted by Crippen LogP contribution is -2.58. The van der Waals surface area contributed by atoms with E-state index in [2.05, 4.69) is 13.7 Å². The Balaban J connectivity index is 5.01. The van der Waals surface area contributed by atoms with E-state index in [1.54, 1.807) is 0 Å². The highest BCUT2D eigenvalue weighted by molar-refractivity contribution is 7.47. The lowest BCUT2D eigenvalue weighted by atomic mass is 9.94. The number of aliphatic hydroxyl groups excluding tert-OH is 2.